The fourth-order valence-corrected chi connectivity index (χ4v) is 4.59. The van der Waals surface area contributed by atoms with E-state index in [2.05, 4.69) is 10.6 Å². The summed E-state index contributed by atoms with van der Waals surface area (Å²) in [6, 6.07) is 5.08. The van der Waals surface area contributed by atoms with Gasteiger partial charge in [0.05, 0.1) is 10.4 Å². The van der Waals surface area contributed by atoms with E-state index < -0.39 is 10.0 Å². The van der Waals surface area contributed by atoms with Crippen molar-refractivity contribution < 1.29 is 13.2 Å². The highest BCUT2D eigenvalue weighted by atomic mass is 32.2. The summed E-state index contributed by atoms with van der Waals surface area (Å²) in [5.41, 5.74) is 1.77. The first-order valence-electron chi connectivity index (χ1n) is 7.46. The van der Waals surface area contributed by atoms with Gasteiger partial charge < -0.3 is 10.6 Å². The molecule has 0 bridgehead atoms. The van der Waals surface area contributed by atoms with Crippen LogP contribution in [0.1, 0.15) is 24.0 Å². The highest BCUT2D eigenvalue weighted by Crippen LogP contribution is 2.28. The standard InChI is InChI=1S/C15H21N3O3S/c1-11-3-4-13(9-12(11)2)22(20,21)18-7-5-15(6-8-18)10-16-14(19)17-15/h3-4,9H,5-8,10H2,1-2H3,(H2,16,17,19). The van der Waals surface area contributed by atoms with Gasteiger partial charge in [-0.2, -0.15) is 4.31 Å². The van der Waals surface area contributed by atoms with Crippen molar-refractivity contribution in [2.75, 3.05) is 19.6 Å². The molecule has 7 heteroatoms. The Kier molecular flexibility index (Phi) is 3.65. The van der Waals surface area contributed by atoms with E-state index in [4.69, 9.17) is 0 Å². The Morgan fingerprint density at radius 3 is 2.36 bits per heavy atom. The molecule has 0 saturated carbocycles. The van der Waals surface area contributed by atoms with Crippen molar-refractivity contribution in [3.05, 3.63) is 29.3 Å². The maximum atomic E-state index is 12.7. The number of carbonyl (C=O) groups is 1. The lowest BCUT2D eigenvalue weighted by Gasteiger charge is -2.37. The lowest BCUT2D eigenvalue weighted by molar-refractivity contribution is 0.216. The van der Waals surface area contributed by atoms with E-state index in [1.807, 2.05) is 19.9 Å². The number of nitrogens with one attached hydrogen (secondary N) is 2. The van der Waals surface area contributed by atoms with Crippen LogP contribution in [0.2, 0.25) is 0 Å². The SMILES string of the molecule is Cc1ccc(S(=O)(=O)N2CCC3(CC2)CNC(=O)N3)cc1C. The summed E-state index contributed by atoms with van der Waals surface area (Å²) in [6.07, 6.45) is 1.27. The number of carbonyl (C=O) groups excluding carboxylic acids is 1. The molecule has 2 saturated heterocycles. The lowest BCUT2D eigenvalue weighted by Crippen LogP contribution is -2.53. The van der Waals surface area contributed by atoms with Crippen LogP contribution < -0.4 is 10.6 Å². The number of sulfonamides is 1. The first kappa shape index (κ1) is 15.3. The Balaban J connectivity index is 1.77. The van der Waals surface area contributed by atoms with Crippen molar-refractivity contribution in [2.24, 2.45) is 0 Å². The molecule has 0 radical (unpaired) electrons. The van der Waals surface area contributed by atoms with Crippen molar-refractivity contribution in [1.29, 1.82) is 0 Å². The van der Waals surface area contributed by atoms with Crippen molar-refractivity contribution in [3.8, 4) is 0 Å². The van der Waals surface area contributed by atoms with Crippen LogP contribution in [0.15, 0.2) is 23.1 Å². The molecule has 120 valence electrons. The van der Waals surface area contributed by atoms with E-state index in [1.165, 1.54) is 4.31 Å². The van der Waals surface area contributed by atoms with Crippen LogP contribution in [0.25, 0.3) is 0 Å². The number of nitrogens with zero attached hydrogens (tertiary/aromatic N) is 1. The monoisotopic (exact) mass is 323 g/mol. The zero-order valence-electron chi connectivity index (χ0n) is 12.8. The molecule has 6 nitrogen and oxygen atoms in total. The third-order valence-electron chi connectivity index (χ3n) is 4.76. The summed E-state index contributed by atoms with van der Waals surface area (Å²) < 4.78 is 27.0. The molecule has 0 atom stereocenters. The quantitative estimate of drug-likeness (QED) is 0.857. The molecule has 2 heterocycles. The highest BCUT2D eigenvalue weighted by Gasteiger charge is 2.42. The fraction of sp³-hybridized carbons (Fsp3) is 0.533. The molecule has 1 aromatic rings. The van der Waals surface area contributed by atoms with Gasteiger partial charge in [-0.3, -0.25) is 0 Å². The lowest BCUT2D eigenvalue weighted by atomic mass is 9.90. The molecular formula is C15H21N3O3S. The number of aryl methyl sites for hydroxylation is 2. The van der Waals surface area contributed by atoms with Gasteiger partial charge in [-0.1, -0.05) is 6.07 Å². The second-order valence-corrected chi connectivity index (χ2v) is 8.18. The molecule has 2 aliphatic heterocycles. The predicted octanol–water partition coefficient (Wildman–Crippen LogP) is 1.14. The minimum absolute atomic E-state index is 0.162. The van der Waals surface area contributed by atoms with Crippen LogP contribution in [-0.2, 0) is 10.0 Å². The first-order valence-corrected chi connectivity index (χ1v) is 8.90. The maximum absolute atomic E-state index is 12.7. The first-order chi connectivity index (χ1) is 10.3. The summed E-state index contributed by atoms with van der Waals surface area (Å²) in [5, 5.41) is 5.69. The number of amides is 2. The summed E-state index contributed by atoms with van der Waals surface area (Å²) in [4.78, 5) is 11.7. The molecule has 1 spiro atoms. The Morgan fingerprint density at radius 2 is 1.82 bits per heavy atom. The maximum Gasteiger partial charge on any atom is 0.315 e. The topological polar surface area (TPSA) is 78.5 Å². The third kappa shape index (κ3) is 2.59. The Labute approximate surface area is 130 Å². The Hall–Kier alpha value is -1.60. The van der Waals surface area contributed by atoms with E-state index in [-0.39, 0.29) is 11.6 Å². The van der Waals surface area contributed by atoms with Crippen molar-refractivity contribution in [2.45, 2.75) is 37.1 Å². The second kappa shape index (κ2) is 5.24. The minimum Gasteiger partial charge on any atom is -0.336 e. The molecule has 0 unspecified atom stereocenters. The van der Waals surface area contributed by atoms with E-state index in [0.717, 1.165) is 11.1 Å². The van der Waals surface area contributed by atoms with Crippen LogP contribution >= 0.6 is 0 Å². The van der Waals surface area contributed by atoms with Gasteiger partial charge in [-0.25, -0.2) is 13.2 Å². The Bertz CT molecular complexity index is 707. The van der Waals surface area contributed by atoms with Gasteiger partial charge >= 0.3 is 6.03 Å². The van der Waals surface area contributed by atoms with Gasteiger partial charge in [0.15, 0.2) is 0 Å². The summed E-state index contributed by atoms with van der Waals surface area (Å²) in [6.45, 7) is 5.31. The number of hydrogen-bond acceptors (Lipinski definition) is 3. The molecule has 2 amide bonds. The molecular weight excluding hydrogens is 302 g/mol. The van der Waals surface area contributed by atoms with Crippen LogP contribution in [0, 0.1) is 13.8 Å². The number of urea groups is 1. The van der Waals surface area contributed by atoms with Crippen molar-refractivity contribution >= 4 is 16.1 Å². The largest absolute Gasteiger partial charge is 0.336 e. The van der Waals surface area contributed by atoms with E-state index in [1.54, 1.807) is 12.1 Å². The molecule has 2 aliphatic rings. The van der Waals surface area contributed by atoms with Crippen molar-refractivity contribution in [3.63, 3.8) is 0 Å². The highest BCUT2D eigenvalue weighted by molar-refractivity contribution is 7.89. The summed E-state index contributed by atoms with van der Waals surface area (Å²) >= 11 is 0. The van der Waals surface area contributed by atoms with Crippen LogP contribution in [0.3, 0.4) is 0 Å². The predicted molar refractivity (Wildman–Crippen MR) is 83.2 cm³/mol. The average molecular weight is 323 g/mol. The van der Waals surface area contributed by atoms with Gasteiger partial charge in [-0.15, -0.1) is 0 Å². The Morgan fingerprint density at radius 1 is 1.14 bits per heavy atom. The van der Waals surface area contributed by atoms with E-state index in [9.17, 15) is 13.2 Å². The molecule has 2 fully saturated rings. The molecule has 0 aliphatic carbocycles. The van der Waals surface area contributed by atoms with Gasteiger partial charge in [0.2, 0.25) is 10.0 Å². The summed E-state index contributed by atoms with van der Waals surface area (Å²) in [7, 11) is -3.46. The van der Waals surface area contributed by atoms with Gasteiger partial charge in [0.25, 0.3) is 0 Å². The minimum atomic E-state index is -3.46. The average Bonchev–Trinajstić information content (AvgIpc) is 2.83. The van der Waals surface area contributed by atoms with Crippen LogP contribution in [0.4, 0.5) is 4.79 Å². The third-order valence-corrected chi connectivity index (χ3v) is 6.66. The smallest absolute Gasteiger partial charge is 0.315 e. The van der Waals surface area contributed by atoms with E-state index >= 15 is 0 Å². The summed E-state index contributed by atoms with van der Waals surface area (Å²) in [5.74, 6) is 0. The molecule has 3 rings (SSSR count). The van der Waals surface area contributed by atoms with Crippen LogP contribution in [-0.4, -0.2) is 43.9 Å². The number of hydrogen-bond donors (Lipinski definition) is 2. The van der Waals surface area contributed by atoms with Gasteiger partial charge in [0, 0.05) is 19.6 Å². The second-order valence-electron chi connectivity index (χ2n) is 6.24. The number of rotatable bonds is 2. The number of piperidine rings is 1. The zero-order valence-corrected chi connectivity index (χ0v) is 13.7. The molecule has 22 heavy (non-hydrogen) atoms. The molecule has 2 N–H and O–H groups in total. The fourth-order valence-electron chi connectivity index (χ4n) is 3.06. The van der Waals surface area contributed by atoms with Crippen LogP contribution in [0.5, 0.6) is 0 Å². The molecule has 0 aromatic heterocycles. The normalized spacial score (nSPS) is 21.6. The van der Waals surface area contributed by atoms with Gasteiger partial charge in [-0.05, 0) is 49.9 Å². The van der Waals surface area contributed by atoms with Gasteiger partial charge in [0.1, 0.15) is 0 Å². The van der Waals surface area contributed by atoms with E-state index in [0.29, 0.717) is 37.4 Å². The van der Waals surface area contributed by atoms with Crippen molar-refractivity contribution in [1.82, 2.24) is 14.9 Å². The number of benzene rings is 1. The zero-order chi connectivity index (χ0) is 16.0. The molecule has 1 aromatic carbocycles.